The standard InChI is InChI=1S/C21H16ClN3.C7H8ClN/c22-20-14-16(11-12-24-20)13-19(15-23)25-21(17-7-3-1-4-8-17)18-9-5-2-6-10-18;1-2-6-3-4-9-7(8)5-6/h1-12,14,19H,13H2;3-5H,2H2,1H3. The van der Waals surface area contributed by atoms with Crippen molar-refractivity contribution in [2.75, 3.05) is 0 Å². The molecule has 2 aromatic carbocycles. The molecule has 170 valence electrons. The van der Waals surface area contributed by atoms with Crippen molar-refractivity contribution in [2.24, 2.45) is 4.99 Å². The van der Waals surface area contributed by atoms with Crippen molar-refractivity contribution in [3.8, 4) is 6.07 Å². The number of halogens is 2. The van der Waals surface area contributed by atoms with E-state index in [-0.39, 0.29) is 0 Å². The normalized spacial score (nSPS) is 10.9. The Kier molecular flexibility index (Phi) is 9.79. The van der Waals surface area contributed by atoms with Gasteiger partial charge in [-0.05, 0) is 41.8 Å². The monoisotopic (exact) mass is 486 g/mol. The first kappa shape index (κ1) is 25.1. The van der Waals surface area contributed by atoms with E-state index in [1.165, 1.54) is 5.56 Å². The Labute approximate surface area is 210 Å². The van der Waals surface area contributed by atoms with Crippen molar-refractivity contribution in [3.05, 3.63) is 130 Å². The topological polar surface area (TPSA) is 61.9 Å². The minimum atomic E-state index is -0.506. The molecule has 0 saturated heterocycles. The van der Waals surface area contributed by atoms with E-state index in [0.717, 1.165) is 28.8 Å². The van der Waals surface area contributed by atoms with Crippen LogP contribution in [0.4, 0.5) is 0 Å². The van der Waals surface area contributed by atoms with E-state index >= 15 is 0 Å². The summed E-state index contributed by atoms with van der Waals surface area (Å²) in [6.07, 6.45) is 4.87. The van der Waals surface area contributed by atoms with Gasteiger partial charge >= 0.3 is 0 Å². The van der Waals surface area contributed by atoms with Gasteiger partial charge in [0.1, 0.15) is 16.3 Å². The van der Waals surface area contributed by atoms with Crippen molar-refractivity contribution in [1.82, 2.24) is 9.97 Å². The molecule has 0 aliphatic rings. The summed E-state index contributed by atoms with van der Waals surface area (Å²) in [5.41, 5.74) is 4.96. The summed E-state index contributed by atoms with van der Waals surface area (Å²) < 4.78 is 0. The van der Waals surface area contributed by atoms with Gasteiger partial charge in [-0.3, -0.25) is 4.99 Å². The van der Waals surface area contributed by atoms with Gasteiger partial charge in [-0.25, -0.2) is 9.97 Å². The highest BCUT2D eigenvalue weighted by molar-refractivity contribution is 6.29. The Balaban J connectivity index is 0.000000302. The molecule has 1 atom stereocenters. The van der Waals surface area contributed by atoms with Crippen LogP contribution in [-0.4, -0.2) is 21.7 Å². The van der Waals surface area contributed by atoms with Gasteiger partial charge in [-0.1, -0.05) is 90.8 Å². The van der Waals surface area contributed by atoms with Crippen LogP contribution in [0, 0.1) is 11.3 Å². The third kappa shape index (κ3) is 7.81. The molecule has 0 N–H and O–H groups in total. The van der Waals surface area contributed by atoms with Gasteiger partial charge in [-0.15, -0.1) is 0 Å². The zero-order valence-corrected chi connectivity index (χ0v) is 20.3. The Morgan fingerprint density at radius 3 is 1.76 bits per heavy atom. The van der Waals surface area contributed by atoms with E-state index in [0.29, 0.717) is 16.7 Å². The van der Waals surface area contributed by atoms with Gasteiger partial charge in [0.15, 0.2) is 0 Å². The summed E-state index contributed by atoms with van der Waals surface area (Å²) in [5.74, 6) is 0. The van der Waals surface area contributed by atoms with Gasteiger partial charge in [0.2, 0.25) is 0 Å². The quantitative estimate of drug-likeness (QED) is 0.217. The number of benzene rings is 2. The van der Waals surface area contributed by atoms with E-state index < -0.39 is 6.04 Å². The highest BCUT2D eigenvalue weighted by Gasteiger charge is 2.12. The second-order valence-corrected chi connectivity index (χ2v) is 8.16. The summed E-state index contributed by atoms with van der Waals surface area (Å²) in [5, 5.41) is 10.6. The molecule has 34 heavy (non-hydrogen) atoms. The molecule has 0 radical (unpaired) electrons. The third-order valence-corrected chi connectivity index (χ3v) is 5.36. The Hall–Kier alpha value is -3.52. The summed E-state index contributed by atoms with van der Waals surface area (Å²) >= 11 is 11.6. The molecule has 0 aliphatic heterocycles. The molecule has 2 aromatic heterocycles. The first-order valence-corrected chi connectivity index (χ1v) is 11.6. The second kappa shape index (κ2) is 13.3. The lowest BCUT2D eigenvalue weighted by Gasteiger charge is -2.11. The number of rotatable bonds is 6. The highest BCUT2D eigenvalue weighted by Crippen LogP contribution is 2.15. The van der Waals surface area contributed by atoms with Crippen LogP contribution in [0.25, 0.3) is 0 Å². The minimum Gasteiger partial charge on any atom is -0.265 e. The molecule has 2 heterocycles. The maximum absolute atomic E-state index is 9.59. The molecule has 0 aliphatic carbocycles. The number of aliphatic imine (C=N–C) groups is 1. The van der Waals surface area contributed by atoms with E-state index in [4.69, 9.17) is 28.2 Å². The molecular formula is C28H24Cl2N4. The van der Waals surface area contributed by atoms with Crippen LogP contribution in [0.3, 0.4) is 0 Å². The average Bonchev–Trinajstić information content (AvgIpc) is 2.88. The summed E-state index contributed by atoms with van der Waals surface area (Å²) in [6, 6.07) is 29.1. The summed E-state index contributed by atoms with van der Waals surface area (Å²) in [4.78, 5) is 12.6. The molecule has 4 aromatic rings. The van der Waals surface area contributed by atoms with Crippen molar-refractivity contribution >= 4 is 28.9 Å². The molecule has 4 nitrogen and oxygen atoms in total. The number of hydrogen-bond acceptors (Lipinski definition) is 4. The lowest BCUT2D eigenvalue weighted by Crippen LogP contribution is -2.12. The molecule has 0 amide bonds. The van der Waals surface area contributed by atoms with E-state index in [2.05, 4.69) is 23.0 Å². The van der Waals surface area contributed by atoms with Gasteiger partial charge in [0.25, 0.3) is 0 Å². The number of aromatic nitrogens is 2. The smallest absolute Gasteiger partial charge is 0.141 e. The van der Waals surface area contributed by atoms with Gasteiger partial charge in [0, 0.05) is 29.9 Å². The largest absolute Gasteiger partial charge is 0.265 e. The van der Waals surface area contributed by atoms with E-state index in [1.54, 1.807) is 18.5 Å². The molecule has 6 heteroatoms. The fourth-order valence-corrected chi connectivity index (χ4v) is 3.63. The maximum Gasteiger partial charge on any atom is 0.141 e. The molecular weight excluding hydrogens is 463 g/mol. The summed E-state index contributed by atoms with van der Waals surface area (Å²) in [6.45, 7) is 2.09. The van der Waals surface area contributed by atoms with Crippen molar-refractivity contribution < 1.29 is 0 Å². The van der Waals surface area contributed by atoms with E-state index in [1.807, 2.05) is 78.9 Å². The SMILES string of the molecule is CCc1ccnc(Cl)c1.N#CC(Cc1ccnc(Cl)c1)N=C(c1ccccc1)c1ccccc1. The molecule has 0 saturated carbocycles. The van der Waals surface area contributed by atoms with Crippen LogP contribution >= 0.6 is 23.2 Å². The molecule has 1 unspecified atom stereocenters. The predicted octanol–water partition coefficient (Wildman–Crippen LogP) is 7.00. The molecule has 4 rings (SSSR count). The van der Waals surface area contributed by atoms with Crippen LogP contribution < -0.4 is 0 Å². The van der Waals surface area contributed by atoms with Crippen molar-refractivity contribution in [3.63, 3.8) is 0 Å². The Bertz CT molecular complexity index is 1210. The van der Waals surface area contributed by atoms with E-state index in [9.17, 15) is 5.26 Å². The van der Waals surface area contributed by atoms with Crippen LogP contribution in [0.5, 0.6) is 0 Å². The van der Waals surface area contributed by atoms with Crippen LogP contribution in [0.1, 0.15) is 29.2 Å². The lowest BCUT2D eigenvalue weighted by atomic mass is 10.0. The zero-order valence-electron chi connectivity index (χ0n) is 18.8. The number of pyridine rings is 2. The Morgan fingerprint density at radius 1 is 0.824 bits per heavy atom. The van der Waals surface area contributed by atoms with Crippen LogP contribution in [-0.2, 0) is 12.8 Å². The van der Waals surface area contributed by atoms with Crippen LogP contribution in [0.15, 0.2) is 102 Å². The number of aryl methyl sites for hydroxylation is 1. The van der Waals surface area contributed by atoms with Crippen molar-refractivity contribution in [2.45, 2.75) is 25.8 Å². The maximum atomic E-state index is 9.59. The molecule has 0 bridgehead atoms. The first-order valence-electron chi connectivity index (χ1n) is 10.9. The summed E-state index contributed by atoms with van der Waals surface area (Å²) in [7, 11) is 0. The third-order valence-electron chi connectivity index (χ3n) is 4.95. The van der Waals surface area contributed by atoms with Gasteiger partial charge in [-0.2, -0.15) is 5.26 Å². The molecule has 0 spiro atoms. The first-order chi connectivity index (χ1) is 16.6. The highest BCUT2D eigenvalue weighted by atomic mass is 35.5. The molecule has 0 fully saturated rings. The van der Waals surface area contributed by atoms with Gasteiger partial charge < -0.3 is 0 Å². The zero-order chi connectivity index (χ0) is 24.2. The lowest BCUT2D eigenvalue weighted by molar-refractivity contribution is 0.823. The minimum absolute atomic E-state index is 0.421. The van der Waals surface area contributed by atoms with Crippen LogP contribution in [0.2, 0.25) is 10.3 Å². The Morgan fingerprint density at radius 2 is 1.32 bits per heavy atom. The average molecular weight is 487 g/mol. The number of nitriles is 1. The fraction of sp³-hybridized carbons (Fsp3) is 0.143. The van der Waals surface area contributed by atoms with Gasteiger partial charge in [0.05, 0.1) is 11.8 Å². The number of nitrogens with zero attached hydrogens (tertiary/aromatic N) is 4. The predicted molar refractivity (Wildman–Crippen MR) is 139 cm³/mol. The fourth-order valence-electron chi connectivity index (χ4n) is 3.24. The number of hydrogen-bond donors (Lipinski definition) is 0. The second-order valence-electron chi connectivity index (χ2n) is 7.39. The van der Waals surface area contributed by atoms with Crippen molar-refractivity contribution in [1.29, 1.82) is 5.26 Å².